The number of rotatable bonds is 3. The Labute approximate surface area is 131 Å². The molecule has 7 heteroatoms. The molecule has 2 aliphatic heterocycles. The number of amides is 1. The summed E-state index contributed by atoms with van der Waals surface area (Å²) in [6, 6.07) is -0.0325. The van der Waals surface area contributed by atoms with Crippen molar-refractivity contribution in [2.24, 2.45) is 7.05 Å². The minimum Gasteiger partial charge on any atom is -0.380 e. The monoisotopic (exact) mass is 307 g/mol. The zero-order valence-electron chi connectivity index (χ0n) is 13.6. The van der Waals surface area contributed by atoms with E-state index < -0.39 is 0 Å². The van der Waals surface area contributed by atoms with Gasteiger partial charge in [-0.15, -0.1) is 0 Å². The molecule has 2 fully saturated rings. The fourth-order valence-corrected chi connectivity index (χ4v) is 3.38. The molecule has 7 nitrogen and oxygen atoms in total. The highest BCUT2D eigenvalue weighted by Crippen LogP contribution is 2.21. The number of hydrogen-bond acceptors (Lipinski definition) is 5. The summed E-state index contributed by atoms with van der Waals surface area (Å²) < 4.78 is 7.21. The van der Waals surface area contributed by atoms with Gasteiger partial charge in [0, 0.05) is 53.1 Å². The van der Waals surface area contributed by atoms with Crippen LogP contribution in [0.15, 0.2) is 12.4 Å². The molecule has 2 aliphatic rings. The molecule has 0 spiro atoms. The Kier molecular flexibility index (Phi) is 4.35. The van der Waals surface area contributed by atoms with Gasteiger partial charge in [0.25, 0.3) is 0 Å². The number of nitrogens with zero attached hydrogens (tertiary/aromatic N) is 5. The third kappa shape index (κ3) is 2.96. The second kappa shape index (κ2) is 6.26. The number of carbonyl (C=O) groups excluding carboxylic acids is 1. The lowest BCUT2D eigenvalue weighted by Crippen LogP contribution is -2.53. The summed E-state index contributed by atoms with van der Waals surface area (Å²) in [6.07, 6.45) is 4.88. The van der Waals surface area contributed by atoms with E-state index in [1.807, 2.05) is 36.1 Å². The van der Waals surface area contributed by atoms with E-state index in [0.717, 1.165) is 44.8 Å². The maximum Gasteiger partial charge on any atom is 0.240 e. The molecule has 1 aromatic rings. The molecular weight excluding hydrogens is 282 g/mol. The minimum absolute atomic E-state index is 0.0325. The Morgan fingerprint density at radius 1 is 1.27 bits per heavy atom. The zero-order valence-corrected chi connectivity index (χ0v) is 13.6. The predicted octanol–water partition coefficient (Wildman–Crippen LogP) is -0.212. The van der Waals surface area contributed by atoms with Gasteiger partial charge in [-0.25, -0.2) is 0 Å². The summed E-state index contributed by atoms with van der Waals surface area (Å²) in [5.41, 5.74) is 1.13. The lowest BCUT2D eigenvalue weighted by atomic mass is 10.1. The number of methoxy groups -OCH3 is 1. The molecule has 2 saturated heterocycles. The number of piperazine rings is 1. The summed E-state index contributed by atoms with van der Waals surface area (Å²) in [6.45, 7) is 4.11. The highest BCUT2D eigenvalue weighted by Gasteiger charge is 2.37. The van der Waals surface area contributed by atoms with Crippen LogP contribution in [0, 0.1) is 0 Å². The van der Waals surface area contributed by atoms with Gasteiger partial charge < -0.3 is 14.5 Å². The van der Waals surface area contributed by atoms with Crippen molar-refractivity contribution in [2.45, 2.75) is 18.6 Å². The molecule has 1 amide bonds. The van der Waals surface area contributed by atoms with E-state index in [4.69, 9.17) is 4.74 Å². The average molecular weight is 307 g/mol. The Bertz CT molecular complexity index is 524. The Morgan fingerprint density at radius 3 is 2.55 bits per heavy atom. The van der Waals surface area contributed by atoms with Crippen molar-refractivity contribution in [1.82, 2.24) is 19.6 Å². The first-order valence-electron chi connectivity index (χ1n) is 7.84. The summed E-state index contributed by atoms with van der Waals surface area (Å²) in [4.78, 5) is 19.1. The molecular formula is C15H25N5O2. The predicted molar refractivity (Wildman–Crippen MR) is 83.8 cm³/mol. The van der Waals surface area contributed by atoms with Gasteiger partial charge in [-0.2, -0.15) is 5.10 Å². The van der Waals surface area contributed by atoms with Crippen LogP contribution in [0.4, 0.5) is 5.69 Å². The molecule has 0 aliphatic carbocycles. The first-order valence-corrected chi connectivity index (χ1v) is 7.84. The van der Waals surface area contributed by atoms with Crippen LogP contribution >= 0.6 is 0 Å². The van der Waals surface area contributed by atoms with Crippen LogP contribution in [0.25, 0.3) is 0 Å². The van der Waals surface area contributed by atoms with E-state index >= 15 is 0 Å². The number of anilines is 1. The van der Waals surface area contributed by atoms with Gasteiger partial charge >= 0.3 is 0 Å². The maximum absolute atomic E-state index is 12.7. The second-order valence-corrected chi connectivity index (χ2v) is 6.23. The van der Waals surface area contributed by atoms with E-state index in [0.29, 0.717) is 0 Å². The van der Waals surface area contributed by atoms with Crippen molar-refractivity contribution in [3.05, 3.63) is 12.4 Å². The van der Waals surface area contributed by atoms with E-state index in [1.54, 1.807) is 7.11 Å². The van der Waals surface area contributed by atoms with Gasteiger partial charge in [0.2, 0.25) is 5.91 Å². The van der Waals surface area contributed by atoms with Crippen LogP contribution in [0.1, 0.15) is 6.42 Å². The third-order valence-electron chi connectivity index (χ3n) is 4.78. The molecule has 0 N–H and O–H groups in total. The summed E-state index contributed by atoms with van der Waals surface area (Å²) in [5.74, 6) is 0.243. The van der Waals surface area contributed by atoms with E-state index in [-0.39, 0.29) is 18.1 Å². The molecule has 0 aromatic carbocycles. The van der Waals surface area contributed by atoms with Crippen molar-refractivity contribution < 1.29 is 9.53 Å². The van der Waals surface area contributed by atoms with Gasteiger partial charge in [0.05, 0.1) is 24.0 Å². The molecule has 1 aromatic heterocycles. The van der Waals surface area contributed by atoms with Crippen LogP contribution in [0.5, 0.6) is 0 Å². The van der Waals surface area contributed by atoms with Crippen LogP contribution in [-0.2, 0) is 16.6 Å². The number of carbonyl (C=O) groups is 1. The van der Waals surface area contributed by atoms with E-state index in [2.05, 4.69) is 14.9 Å². The second-order valence-electron chi connectivity index (χ2n) is 6.23. The lowest BCUT2D eigenvalue weighted by molar-refractivity contribution is -0.135. The minimum atomic E-state index is -0.0325. The third-order valence-corrected chi connectivity index (χ3v) is 4.78. The van der Waals surface area contributed by atoms with Gasteiger partial charge in [-0.3, -0.25) is 14.4 Å². The molecule has 3 rings (SSSR count). The first-order chi connectivity index (χ1) is 10.6. The van der Waals surface area contributed by atoms with E-state index in [1.165, 1.54) is 0 Å². The van der Waals surface area contributed by atoms with Crippen molar-refractivity contribution >= 4 is 11.6 Å². The zero-order chi connectivity index (χ0) is 15.7. The molecule has 3 heterocycles. The smallest absolute Gasteiger partial charge is 0.240 e. The molecule has 0 unspecified atom stereocenters. The first kappa shape index (κ1) is 15.3. The van der Waals surface area contributed by atoms with Crippen molar-refractivity contribution in [3.63, 3.8) is 0 Å². The summed E-state index contributed by atoms with van der Waals surface area (Å²) in [7, 11) is 5.65. The standard InChI is InChI=1S/C15H25N5O2/c1-17-11-13(22-3)8-14(17)15(21)20-6-4-19(5-7-20)12-9-16-18(2)10-12/h9-10,13-14H,4-8,11H2,1-3H3/t13-,14-/m0/s1. The molecule has 0 saturated carbocycles. The normalized spacial score (nSPS) is 26.7. The van der Waals surface area contributed by atoms with Crippen molar-refractivity contribution in [1.29, 1.82) is 0 Å². The topological polar surface area (TPSA) is 53.8 Å². The fourth-order valence-electron chi connectivity index (χ4n) is 3.38. The number of ether oxygens (including phenoxy) is 1. The quantitative estimate of drug-likeness (QED) is 0.773. The van der Waals surface area contributed by atoms with Gasteiger partial charge in [0.1, 0.15) is 0 Å². The van der Waals surface area contributed by atoms with Gasteiger partial charge in [-0.1, -0.05) is 0 Å². The SMILES string of the molecule is CO[C@H]1C[C@@H](C(=O)N2CCN(c3cnn(C)c3)CC2)N(C)C1. The van der Waals surface area contributed by atoms with E-state index in [9.17, 15) is 4.79 Å². The Hall–Kier alpha value is -1.60. The van der Waals surface area contributed by atoms with Crippen LogP contribution in [-0.4, -0.2) is 84.5 Å². The highest BCUT2D eigenvalue weighted by atomic mass is 16.5. The number of aromatic nitrogens is 2. The largest absolute Gasteiger partial charge is 0.380 e. The molecule has 0 bridgehead atoms. The summed E-state index contributed by atoms with van der Waals surface area (Å²) >= 11 is 0. The lowest BCUT2D eigenvalue weighted by Gasteiger charge is -2.37. The number of hydrogen-bond donors (Lipinski definition) is 0. The van der Waals surface area contributed by atoms with Crippen LogP contribution < -0.4 is 4.90 Å². The highest BCUT2D eigenvalue weighted by molar-refractivity contribution is 5.82. The molecule has 2 atom stereocenters. The molecule has 22 heavy (non-hydrogen) atoms. The van der Waals surface area contributed by atoms with Crippen molar-refractivity contribution in [2.75, 3.05) is 51.8 Å². The Morgan fingerprint density at radius 2 is 2.00 bits per heavy atom. The van der Waals surface area contributed by atoms with Crippen LogP contribution in [0.3, 0.4) is 0 Å². The van der Waals surface area contributed by atoms with Crippen molar-refractivity contribution in [3.8, 4) is 0 Å². The molecule has 0 radical (unpaired) electrons. The number of likely N-dealkylation sites (N-methyl/N-ethyl adjacent to an activating group) is 1. The van der Waals surface area contributed by atoms with Crippen LogP contribution in [0.2, 0.25) is 0 Å². The fraction of sp³-hybridized carbons (Fsp3) is 0.733. The van der Waals surface area contributed by atoms with Gasteiger partial charge in [-0.05, 0) is 13.5 Å². The van der Waals surface area contributed by atoms with Gasteiger partial charge in [0.15, 0.2) is 0 Å². The maximum atomic E-state index is 12.7. The number of aryl methyl sites for hydroxylation is 1. The number of likely N-dealkylation sites (tertiary alicyclic amines) is 1. The Balaban J connectivity index is 1.56. The molecule has 122 valence electrons. The summed E-state index contributed by atoms with van der Waals surface area (Å²) in [5, 5.41) is 4.21. The average Bonchev–Trinajstić information content (AvgIpc) is 3.12.